The van der Waals surface area contributed by atoms with Gasteiger partial charge in [0.25, 0.3) is 0 Å². The van der Waals surface area contributed by atoms with Crippen molar-refractivity contribution in [3.8, 4) is 22.6 Å². The molecular weight excluding hydrogens is 419 g/mol. The van der Waals surface area contributed by atoms with Crippen LogP contribution in [0.3, 0.4) is 0 Å². The molecule has 3 aromatic rings. The van der Waals surface area contributed by atoms with Gasteiger partial charge in [0, 0.05) is 57.1 Å². The fourth-order valence-corrected chi connectivity index (χ4v) is 3.77. The number of H-pyrrole nitrogens is 1. The number of carbonyl (C=O) groups is 1. The van der Waals surface area contributed by atoms with Gasteiger partial charge in [-0.05, 0) is 24.3 Å². The molecule has 0 aliphatic carbocycles. The van der Waals surface area contributed by atoms with Crippen LogP contribution >= 0.6 is 0 Å². The minimum Gasteiger partial charge on any atom is -0.368 e. The molecule has 1 aliphatic heterocycles. The third-order valence-electron chi connectivity index (χ3n) is 5.49. The van der Waals surface area contributed by atoms with Crippen LogP contribution in [0.15, 0.2) is 54.7 Å². The average molecular weight is 443 g/mol. The number of carbonyl (C=O) groups excluding carboxylic acids is 1. The van der Waals surface area contributed by atoms with Crippen LogP contribution in [-0.2, 0) is 6.18 Å². The number of aromatic nitrogens is 2. The molecule has 1 aromatic heterocycles. The summed E-state index contributed by atoms with van der Waals surface area (Å²) in [6, 6.07) is 13.0. The highest BCUT2D eigenvalue weighted by Crippen LogP contribution is 2.32. The number of imidazole rings is 1. The molecule has 2 amide bonds. The van der Waals surface area contributed by atoms with Crippen molar-refractivity contribution in [1.82, 2.24) is 19.8 Å². The molecule has 0 bridgehead atoms. The van der Waals surface area contributed by atoms with E-state index in [1.165, 1.54) is 6.07 Å². The van der Waals surface area contributed by atoms with E-state index in [0.717, 1.165) is 36.5 Å². The van der Waals surface area contributed by atoms with Crippen molar-refractivity contribution in [2.75, 3.05) is 45.2 Å². The second-order valence-corrected chi connectivity index (χ2v) is 7.93. The zero-order chi connectivity index (χ0) is 22.9. The molecule has 168 valence electrons. The lowest BCUT2D eigenvalue weighted by Gasteiger charge is -2.37. The fraction of sp³-hybridized carbons (Fsp3) is 0.304. The number of alkyl halides is 3. The Morgan fingerprint density at radius 3 is 2.38 bits per heavy atom. The van der Waals surface area contributed by atoms with Gasteiger partial charge in [-0.3, -0.25) is 0 Å². The monoisotopic (exact) mass is 443 g/mol. The molecule has 1 aliphatic rings. The summed E-state index contributed by atoms with van der Waals surface area (Å²) in [5, 5.41) is 0. The van der Waals surface area contributed by atoms with E-state index in [1.54, 1.807) is 31.3 Å². The van der Waals surface area contributed by atoms with Gasteiger partial charge in [0.1, 0.15) is 5.82 Å². The van der Waals surface area contributed by atoms with Crippen LogP contribution < -0.4 is 4.90 Å². The lowest BCUT2D eigenvalue weighted by molar-refractivity contribution is -0.137. The van der Waals surface area contributed by atoms with Gasteiger partial charge in [-0.1, -0.05) is 24.3 Å². The maximum atomic E-state index is 13.0. The quantitative estimate of drug-likeness (QED) is 0.646. The first-order valence-corrected chi connectivity index (χ1v) is 10.3. The topological polar surface area (TPSA) is 55.5 Å². The molecule has 6 nitrogen and oxygen atoms in total. The molecule has 0 atom stereocenters. The van der Waals surface area contributed by atoms with Gasteiger partial charge in [0.05, 0.1) is 17.5 Å². The molecule has 0 radical (unpaired) electrons. The zero-order valence-corrected chi connectivity index (χ0v) is 17.9. The van der Waals surface area contributed by atoms with Crippen molar-refractivity contribution in [3.05, 3.63) is 60.3 Å². The van der Waals surface area contributed by atoms with E-state index in [2.05, 4.69) is 14.9 Å². The normalized spacial score (nSPS) is 14.5. The van der Waals surface area contributed by atoms with E-state index in [1.807, 2.05) is 29.2 Å². The highest BCUT2D eigenvalue weighted by atomic mass is 19.4. The number of piperazine rings is 1. The Bertz CT molecular complexity index is 1100. The van der Waals surface area contributed by atoms with Crippen LogP contribution in [0.1, 0.15) is 5.56 Å². The standard InChI is InChI=1S/C23H24F3N5O/c1-29(2)22(32)31-11-9-30(10-12-31)19-8-4-6-17(14-19)21-27-15-20(28-21)16-5-3-7-18(13-16)23(24,25)26/h3-8,13-15H,9-12H2,1-2H3,(H,27,28). The van der Waals surface area contributed by atoms with Gasteiger partial charge in [-0.2, -0.15) is 13.2 Å². The molecule has 0 saturated carbocycles. The molecule has 1 saturated heterocycles. The Balaban J connectivity index is 1.51. The number of halogens is 3. The van der Waals surface area contributed by atoms with E-state index in [-0.39, 0.29) is 6.03 Å². The summed E-state index contributed by atoms with van der Waals surface area (Å²) in [4.78, 5) is 25.3. The number of hydrogen-bond acceptors (Lipinski definition) is 3. The van der Waals surface area contributed by atoms with Crippen molar-refractivity contribution in [1.29, 1.82) is 0 Å². The first-order chi connectivity index (χ1) is 15.2. The molecule has 2 heterocycles. The highest BCUT2D eigenvalue weighted by Gasteiger charge is 2.30. The summed E-state index contributed by atoms with van der Waals surface area (Å²) in [6.45, 7) is 2.72. The Kier molecular flexibility index (Phi) is 5.82. The Morgan fingerprint density at radius 2 is 1.69 bits per heavy atom. The van der Waals surface area contributed by atoms with Crippen LogP contribution in [0, 0.1) is 0 Å². The number of aromatic amines is 1. The summed E-state index contributed by atoms with van der Waals surface area (Å²) in [5.74, 6) is 0.584. The van der Waals surface area contributed by atoms with E-state index < -0.39 is 11.7 Å². The maximum Gasteiger partial charge on any atom is 0.416 e. The maximum absolute atomic E-state index is 13.0. The van der Waals surface area contributed by atoms with Crippen molar-refractivity contribution < 1.29 is 18.0 Å². The number of amides is 2. The largest absolute Gasteiger partial charge is 0.416 e. The summed E-state index contributed by atoms with van der Waals surface area (Å²) >= 11 is 0. The van der Waals surface area contributed by atoms with Crippen LogP contribution in [-0.4, -0.2) is 66.1 Å². The number of anilines is 1. The van der Waals surface area contributed by atoms with Gasteiger partial charge in [0.2, 0.25) is 0 Å². The average Bonchev–Trinajstić information content (AvgIpc) is 3.29. The van der Waals surface area contributed by atoms with Crippen LogP contribution in [0.2, 0.25) is 0 Å². The van der Waals surface area contributed by atoms with E-state index in [9.17, 15) is 18.0 Å². The Labute approximate surface area is 184 Å². The van der Waals surface area contributed by atoms with Crippen LogP contribution in [0.25, 0.3) is 22.6 Å². The third kappa shape index (κ3) is 4.56. The summed E-state index contributed by atoms with van der Waals surface area (Å²) < 4.78 is 39.1. The number of hydrogen-bond donors (Lipinski definition) is 1. The predicted molar refractivity (Wildman–Crippen MR) is 117 cm³/mol. The Hall–Kier alpha value is -3.49. The van der Waals surface area contributed by atoms with Crippen LogP contribution in [0.5, 0.6) is 0 Å². The molecule has 1 N–H and O–H groups in total. The van der Waals surface area contributed by atoms with Crippen molar-refractivity contribution >= 4 is 11.7 Å². The number of nitrogens with one attached hydrogen (secondary N) is 1. The van der Waals surface area contributed by atoms with Gasteiger partial charge in [-0.25, -0.2) is 9.78 Å². The van der Waals surface area contributed by atoms with E-state index >= 15 is 0 Å². The lowest BCUT2D eigenvalue weighted by Crippen LogP contribution is -2.51. The smallest absolute Gasteiger partial charge is 0.368 e. The van der Waals surface area contributed by atoms with E-state index in [0.29, 0.717) is 30.2 Å². The third-order valence-corrected chi connectivity index (χ3v) is 5.49. The molecule has 1 fully saturated rings. The lowest BCUT2D eigenvalue weighted by atomic mass is 10.1. The molecule has 0 spiro atoms. The molecule has 2 aromatic carbocycles. The molecule has 4 rings (SSSR count). The predicted octanol–water partition coefficient (Wildman–Crippen LogP) is 4.57. The van der Waals surface area contributed by atoms with Gasteiger partial charge in [0.15, 0.2) is 0 Å². The molecule has 32 heavy (non-hydrogen) atoms. The van der Waals surface area contributed by atoms with Crippen LogP contribution in [0.4, 0.5) is 23.7 Å². The zero-order valence-electron chi connectivity index (χ0n) is 17.9. The second-order valence-electron chi connectivity index (χ2n) is 7.93. The SMILES string of the molecule is CN(C)C(=O)N1CCN(c2cccc(-c3ncc(-c4cccc(C(F)(F)F)c4)[nH]3)c2)CC1. The minimum atomic E-state index is -4.39. The number of urea groups is 1. The minimum absolute atomic E-state index is 0.0103. The van der Waals surface area contributed by atoms with Gasteiger partial charge >= 0.3 is 12.2 Å². The summed E-state index contributed by atoms with van der Waals surface area (Å²) in [6.07, 6.45) is -2.85. The summed E-state index contributed by atoms with van der Waals surface area (Å²) in [7, 11) is 3.49. The van der Waals surface area contributed by atoms with Crippen molar-refractivity contribution in [2.24, 2.45) is 0 Å². The van der Waals surface area contributed by atoms with Gasteiger partial charge < -0.3 is 19.7 Å². The first-order valence-electron chi connectivity index (χ1n) is 10.3. The molecular formula is C23H24F3N5O. The number of rotatable bonds is 3. The van der Waals surface area contributed by atoms with Crippen molar-refractivity contribution in [2.45, 2.75) is 6.18 Å². The second kappa shape index (κ2) is 8.57. The van der Waals surface area contributed by atoms with Crippen molar-refractivity contribution in [3.63, 3.8) is 0 Å². The fourth-order valence-electron chi connectivity index (χ4n) is 3.77. The molecule has 9 heteroatoms. The van der Waals surface area contributed by atoms with E-state index in [4.69, 9.17) is 0 Å². The number of nitrogens with zero attached hydrogens (tertiary/aromatic N) is 4. The van der Waals surface area contributed by atoms with Gasteiger partial charge in [-0.15, -0.1) is 0 Å². The highest BCUT2D eigenvalue weighted by molar-refractivity contribution is 5.74. The first kappa shape index (κ1) is 21.7. The number of benzene rings is 2. The Morgan fingerprint density at radius 1 is 1.00 bits per heavy atom. The molecule has 0 unspecified atom stereocenters. The summed E-state index contributed by atoms with van der Waals surface area (Å²) in [5.41, 5.74) is 2.10.